The average Bonchev–Trinajstić information content (AvgIpc) is 2.62. The molecule has 0 aliphatic carbocycles. The fourth-order valence-electron chi connectivity index (χ4n) is 2.90. The Kier molecular flexibility index (Phi) is 7.37. The highest BCUT2D eigenvalue weighted by molar-refractivity contribution is 5.69. The highest BCUT2D eigenvalue weighted by Crippen LogP contribution is 2.30. The Balaban J connectivity index is 2.09. The van der Waals surface area contributed by atoms with Crippen LogP contribution in [-0.4, -0.2) is 49.1 Å². The first kappa shape index (κ1) is 20.9. The van der Waals surface area contributed by atoms with Crippen LogP contribution in [0.25, 0.3) is 0 Å². The van der Waals surface area contributed by atoms with E-state index in [1.807, 2.05) is 45.9 Å². The van der Waals surface area contributed by atoms with Gasteiger partial charge in [-0.25, -0.2) is 4.79 Å². The molecule has 1 heterocycles. The third-order valence-electron chi connectivity index (χ3n) is 4.11. The van der Waals surface area contributed by atoms with Crippen molar-refractivity contribution in [1.82, 2.24) is 4.90 Å². The minimum absolute atomic E-state index is 0.0650. The Labute approximate surface area is 162 Å². The minimum Gasteiger partial charge on any atom is -0.465 e. The van der Waals surface area contributed by atoms with Crippen LogP contribution in [0.4, 0.5) is 10.5 Å². The van der Waals surface area contributed by atoms with E-state index >= 15 is 0 Å². The Morgan fingerprint density at radius 3 is 2.85 bits per heavy atom. The lowest BCUT2D eigenvalue weighted by Gasteiger charge is -2.35. The number of nitrogens with zero attached hydrogens (tertiary/aromatic N) is 1. The van der Waals surface area contributed by atoms with E-state index in [0.29, 0.717) is 25.4 Å². The van der Waals surface area contributed by atoms with Crippen molar-refractivity contribution in [2.45, 2.75) is 52.2 Å². The van der Waals surface area contributed by atoms with E-state index in [4.69, 9.17) is 20.6 Å². The van der Waals surface area contributed by atoms with Crippen molar-refractivity contribution in [3.63, 3.8) is 0 Å². The first-order valence-electron chi connectivity index (χ1n) is 9.38. The van der Waals surface area contributed by atoms with Crippen molar-refractivity contribution in [3.8, 4) is 18.1 Å². The van der Waals surface area contributed by atoms with Crippen molar-refractivity contribution >= 4 is 11.8 Å². The maximum absolute atomic E-state index is 12.4. The van der Waals surface area contributed by atoms with E-state index in [9.17, 15) is 4.79 Å². The number of carbonyl (C=O) groups is 1. The number of rotatable bonds is 6. The summed E-state index contributed by atoms with van der Waals surface area (Å²) in [5.41, 5.74) is 0.975. The second kappa shape index (κ2) is 9.52. The van der Waals surface area contributed by atoms with Gasteiger partial charge < -0.3 is 24.4 Å². The largest absolute Gasteiger partial charge is 0.465 e. The van der Waals surface area contributed by atoms with Crippen LogP contribution < -0.4 is 10.1 Å². The molecule has 1 amide bonds. The zero-order chi connectivity index (χ0) is 19.9. The topological polar surface area (TPSA) is 60.0 Å². The molecule has 0 saturated carbocycles. The number of hydrogen-bond donors (Lipinski definition) is 1. The molecule has 1 fully saturated rings. The molecular formula is C21H30N2O4. The van der Waals surface area contributed by atoms with Gasteiger partial charge in [0.15, 0.2) is 6.79 Å². The van der Waals surface area contributed by atoms with Gasteiger partial charge in [-0.3, -0.25) is 0 Å². The second-order valence-electron chi connectivity index (χ2n) is 7.49. The third kappa shape index (κ3) is 6.37. The zero-order valence-corrected chi connectivity index (χ0v) is 16.7. The molecule has 1 saturated heterocycles. The Morgan fingerprint density at radius 2 is 2.19 bits per heavy atom. The predicted molar refractivity (Wildman–Crippen MR) is 106 cm³/mol. The molecule has 1 N–H and O–H groups in total. The lowest BCUT2D eigenvalue weighted by molar-refractivity contribution is 0.0205. The molecule has 0 radical (unpaired) electrons. The number of nitrogens with one attached hydrogen (secondary N) is 1. The van der Waals surface area contributed by atoms with Crippen molar-refractivity contribution in [1.29, 1.82) is 0 Å². The third-order valence-corrected chi connectivity index (χ3v) is 4.11. The highest BCUT2D eigenvalue weighted by Gasteiger charge is 2.28. The van der Waals surface area contributed by atoms with Gasteiger partial charge in [0, 0.05) is 25.7 Å². The Morgan fingerprint density at radius 1 is 1.41 bits per heavy atom. The lowest BCUT2D eigenvalue weighted by Crippen LogP contribution is -2.47. The van der Waals surface area contributed by atoms with E-state index < -0.39 is 5.60 Å². The summed E-state index contributed by atoms with van der Waals surface area (Å²) in [6, 6.07) is 5.64. The monoisotopic (exact) mass is 374 g/mol. The number of anilines is 1. The van der Waals surface area contributed by atoms with Gasteiger partial charge in [0.25, 0.3) is 0 Å². The summed E-state index contributed by atoms with van der Waals surface area (Å²) >= 11 is 0. The normalized spacial score (nSPS) is 17.1. The number of para-hydroxylation sites is 1. The smallest absolute Gasteiger partial charge is 0.410 e. The molecule has 1 aliphatic rings. The summed E-state index contributed by atoms with van der Waals surface area (Å²) in [6.45, 7) is 9.50. The molecule has 0 spiro atoms. The average molecular weight is 374 g/mol. The van der Waals surface area contributed by atoms with E-state index in [1.54, 1.807) is 4.90 Å². The molecule has 6 heteroatoms. The number of hydrogen-bond acceptors (Lipinski definition) is 5. The van der Waals surface area contributed by atoms with Crippen LogP contribution in [0.2, 0.25) is 0 Å². The molecule has 6 nitrogen and oxygen atoms in total. The van der Waals surface area contributed by atoms with Gasteiger partial charge in [-0.2, -0.15) is 0 Å². The van der Waals surface area contributed by atoms with Gasteiger partial charge in [0.1, 0.15) is 11.4 Å². The molecule has 1 aromatic carbocycles. The fraction of sp³-hybridized carbons (Fsp3) is 0.571. The van der Waals surface area contributed by atoms with Crippen LogP contribution in [0.5, 0.6) is 5.75 Å². The first-order valence-corrected chi connectivity index (χ1v) is 9.38. The van der Waals surface area contributed by atoms with Crippen LogP contribution >= 0.6 is 0 Å². The SMILES string of the molecule is C#Cc1cccc(OCOCC)c1N[C@@H]1CCCN(C(=O)OC(C)(C)C)C1. The molecule has 1 atom stereocenters. The number of likely N-dealkylation sites (tertiary alicyclic amines) is 1. The molecule has 27 heavy (non-hydrogen) atoms. The van der Waals surface area contributed by atoms with Gasteiger partial charge in [0.05, 0.1) is 11.3 Å². The summed E-state index contributed by atoms with van der Waals surface area (Å²) in [5, 5.41) is 3.47. The summed E-state index contributed by atoms with van der Waals surface area (Å²) in [6.07, 6.45) is 7.20. The van der Waals surface area contributed by atoms with E-state index in [1.165, 1.54) is 0 Å². The van der Waals surface area contributed by atoms with Gasteiger partial charge in [-0.1, -0.05) is 12.0 Å². The number of piperidine rings is 1. The molecular weight excluding hydrogens is 344 g/mol. The summed E-state index contributed by atoms with van der Waals surface area (Å²) in [5.74, 6) is 3.34. The molecule has 0 unspecified atom stereocenters. The number of benzene rings is 1. The summed E-state index contributed by atoms with van der Waals surface area (Å²) in [7, 11) is 0. The van der Waals surface area contributed by atoms with Crippen molar-refractivity contribution in [2.75, 3.05) is 31.8 Å². The van der Waals surface area contributed by atoms with Crippen LogP contribution in [-0.2, 0) is 9.47 Å². The van der Waals surface area contributed by atoms with Crippen molar-refractivity contribution in [3.05, 3.63) is 23.8 Å². The predicted octanol–water partition coefficient (Wildman–Crippen LogP) is 3.85. The number of carbonyl (C=O) groups excluding carboxylic acids is 1. The van der Waals surface area contributed by atoms with Crippen LogP contribution in [0.3, 0.4) is 0 Å². The van der Waals surface area contributed by atoms with E-state index in [-0.39, 0.29) is 18.9 Å². The lowest BCUT2D eigenvalue weighted by atomic mass is 10.0. The fourth-order valence-corrected chi connectivity index (χ4v) is 2.90. The maximum Gasteiger partial charge on any atom is 0.410 e. The highest BCUT2D eigenvalue weighted by atomic mass is 16.7. The molecule has 148 valence electrons. The van der Waals surface area contributed by atoms with Crippen LogP contribution in [0.15, 0.2) is 18.2 Å². The summed E-state index contributed by atoms with van der Waals surface area (Å²) < 4.78 is 16.5. The quantitative estimate of drug-likeness (QED) is 0.466. The minimum atomic E-state index is -0.506. The van der Waals surface area contributed by atoms with Crippen LogP contribution in [0, 0.1) is 12.3 Å². The van der Waals surface area contributed by atoms with Crippen molar-refractivity contribution < 1.29 is 19.0 Å². The van der Waals surface area contributed by atoms with Crippen molar-refractivity contribution in [2.24, 2.45) is 0 Å². The molecule has 1 aliphatic heterocycles. The number of amides is 1. The van der Waals surface area contributed by atoms with E-state index in [2.05, 4.69) is 11.2 Å². The van der Waals surface area contributed by atoms with E-state index in [0.717, 1.165) is 24.1 Å². The summed E-state index contributed by atoms with van der Waals surface area (Å²) in [4.78, 5) is 14.1. The van der Waals surface area contributed by atoms with Gasteiger partial charge in [0.2, 0.25) is 0 Å². The molecule has 2 rings (SSSR count). The van der Waals surface area contributed by atoms with Gasteiger partial charge in [-0.15, -0.1) is 6.42 Å². The first-order chi connectivity index (χ1) is 12.8. The van der Waals surface area contributed by atoms with Gasteiger partial charge in [-0.05, 0) is 52.7 Å². The van der Waals surface area contributed by atoms with Crippen LogP contribution in [0.1, 0.15) is 46.1 Å². The second-order valence-corrected chi connectivity index (χ2v) is 7.49. The van der Waals surface area contributed by atoms with Gasteiger partial charge >= 0.3 is 6.09 Å². The standard InChI is InChI=1S/C21H30N2O4/c1-6-16-10-8-12-18(26-15-25-7-2)19(16)22-17-11-9-13-23(14-17)20(24)27-21(3,4)5/h1,8,10,12,17,22H,7,9,11,13-15H2,2-5H3/t17-/m1/s1. The Bertz CT molecular complexity index is 676. The Hall–Kier alpha value is -2.39. The zero-order valence-electron chi connectivity index (χ0n) is 16.7. The number of terminal acetylenes is 1. The molecule has 0 aromatic heterocycles. The number of ether oxygens (including phenoxy) is 3. The molecule has 1 aromatic rings. The maximum atomic E-state index is 12.4. The molecule has 0 bridgehead atoms.